The van der Waals surface area contributed by atoms with E-state index in [-0.39, 0.29) is 24.4 Å². The first-order valence-corrected chi connectivity index (χ1v) is 18.7. The maximum Gasteiger partial charge on any atom is 0.349 e. The van der Waals surface area contributed by atoms with E-state index in [4.69, 9.17) is 28.6 Å². The van der Waals surface area contributed by atoms with Crippen LogP contribution in [-0.4, -0.2) is 72.7 Å². The van der Waals surface area contributed by atoms with Gasteiger partial charge >= 0.3 is 11.9 Å². The second-order valence-corrected chi connectivity index (χ2v) is 14.0. The Labute approximate surface area is 318 Å². The van der Waals surface area contributed by atoms with Crippen LogP contribution in [0.4, 0.5) is 0 Å². The third-order valence-electron chi connectivity index (χ3n) is 9.07. The Balaban J connectivity index is 0.924. The molecule has 2 fully saturated rings. The average molecular weight is 735 g/mol. The number of nitrogens with zero attached hydrogens (tertiary/aromatic N) is 2. The Morgan fingerprint density at radius 3 is 1.35 bits per heavy atom. The van der Waals surface area contributed by atoms with Gasteiger partial charge in [0, 0.05) is 36.4 Å². The summed E-state index contributed by atoms with van der Waals surface area (Å²) < 4.78 is 24.7. The van der Waals surface area contributed by atoms with E-state index in [2.05, 4.69) is 36.4 Å². The quantitative estimate of drug-likeness (QED) is 0.106. The topological polar surface area (TPSA) is 96.0 Å². The molecule has 0 radical (unpaired) electrons. The van der Waals surface area contributed by atoms with Gasteiger partial charge in [0.05, 0.1) is 50.7 Å². The highest BCUT2D eigenvalue weighted by molar-refractivity contribution is 5.91. The molecule has 6 rings (SSSR count). The third-order valence-corrected chi connectivity index (χ3v) is 9.07. The largest absolute Gasteiger partial charge is 0.490 e. The minimum absolute atomic E-state index is 0.0566. The van der Waals surface area contributed by atoms with Gasteiger partial charge in [-0.3, -0.25) is 0 Å². The van der Waals surface area contributed by atoms with E-state index >= 15 is 0 Å². The van der Waals surface area contributed by atoms with Crippen molar-refractivity contribution in [1.29, 1.82) is 0 Å². The molecule has 10 heteroatoms. The molecule has 0 saturated carbocycles. The molecule has 0 unspecified atom stereocenters. The lowest BCUT2D eigenvalue weighted by Gasteiger charge is -2.18. The van der Waals surface area contributed by atoms with Gasteiger partial charge in [-0.05, 0) is 74.9 Å². The van der Waals surface area contributed by atoms with Gasteiger partial charge in [-0.1, -0.05) is 84.9 Å². The SMILES string of the molecule is CC(C)Oc1ccccc1-c1ccccc1CO[C@H]1CCN(OC(=O)/C=C/C(=O)ON2CC[C@H](OCc3ccccc3-c3ccccc3OC(C)C)C2)C1. The van der Waals surface area contributed by atoms with Crippen molar-refractivity contribution in [2.75, 3.05) is 26.2 Å². The number of carbonyl (C=O) groups excluding carboxylic acids is 2. The number of hydrogen-bond acceptors (Lipinski definition) is 10. The molecule has 2 heterocycles. The summed E-state index contributed by atoms with van der Waals surface area (Å²) in [7, 11) is 0. The van der Waals surface area contributed by atoms with E-state index in [1.54, 1.807) is 10.1 Å². The molecule has 0 amide bonds. The van der Waals surface area contributed by atoms with E-state index < -0.39 is 11.9 Å². The first kappa shape index (κ1) is 38.7. The summed E-state index contributed by atoms with van der Waals surface area (Å²) in [5.74, 6) is 0.360. The van der Waals surface area contributed by atoms with Crippen LogP contribution < -0.4 is 9.47 Å². The number of carbonyl (C=O) groups is 2. The van der Waals surface area contributed by atoms with Gasteiger partial charge in [-0.25, -0.2) is 9.59 Å². The first-order chi connectivity index (χ1) is 26.2. The number of hydroxylamine groups is 4. The van der Waals surface area contributed by atoms with Gasteiger partial charge in [0.15, 0.2) is 0 Å². The molecule has 2 atom stereocenters. The van der Waals surface area contributed by atoms with Crippen molar-refractivity contribution in [1.82, 2.24) is 10.1 Å². The molecule has 284 valence electrons. The number of ether oxygens (including phenoxy) is 4. The highest BCUT2D eigenvalue weighted by atomic mass is 16.7. The Bertz CT molecular complexity index is 1760. The van der Waals surface area contributed by atoms with Crippen molar-refractivity contribution < 1.29 is 38.2 Å². The summed E-state index contributed by atoms with van der Waals surface area (Å²) in [4.78, 5) is 36.1. The van der Waals surface area contributed by atoms with E-state index in [1.807, 2.05) is 88.4 Å². The van der Waals surface area contributed by atoms with Crippen LogP contribution in [-0.2, 0) is 42.0 Å². The minimum Gasteiger partial charge on any atom is -0.490 e. The molecule has 54 heavy (non-hydrogen) atoms. The van der Waals surface area contributed by atoms with Crippen LogP contribution in [0.5, 0.6) is 11.5 Å². The van der Waals surface area contributed by atoms with Crippen LogP contribution >= 0.6 is 0 Å². The summed E-state index contributed by atoms with van der Waals surface area (Å²) in [6.45, 7) is 10.8. The van der Waals surface area contributed by atoms with Gasteiger partial charge in [0.2, 0.25) is 0 Å². The lowest BCUT2D eigenvalue weighted by molar-refractivity contribution is -0.183. The van der Waals surface area contributed by atoms with Crippen LogP contribution in [0.3, 0.4) is 0 Å². The monoisotopic (exact) mass is 734 g/mol. The molecule has 0 aliphatic carbocycles. The summed E-state index contributed by atoms with van der Waals surface area (Å²) in [5, 5.41) is 3.13. The maximum absolute atomic E-state index is 12.6. The molecule has 2 aliphatic rings. The van der Waals surface area contributed by atoms with Crippen molar-refractivity contribution in [2.24, 2.45) is 0 Å². The molecule has 0 N–H and O–H groups in total. The summed E-state index contributed by atoms with van der Waals surface area (Å²) >= 11 is 0. The molecule has 2 saturated heterocycles. The lowest BCUT2D eigenvalue weighted by Crippen LogP contribution is -2.27. The Morgan fingerprint density at radius 1 is 0.574 bits per heavy atom. The van der Waals surface area contributed by atoms with E-state index in [0.717, 1.165) is 57.0 Å². The summed E-state index contributed by atoms with van der Waals surface area (Å²) in [5.41, 5.74) is 6.24. The molecule has 2 aliphatic heterocycles. The van der Waals surface area contributed by atoms with Crippen LogP contribution in [0.25, 0.3) is 22.3 Å². The Kier molecular flexibility index (Phi) is 13.5. The first-order valence-electron chi connectivity index (χ1n) is 18.7. The van der Waals surface area contributed by atoms with Crippen LogP contribution in [0.2, 0.25) is 0 Å². The van der Waals surface area contributed by atoms with Crippen molar-refractivity contribution in [3.8, 4) is 33.8 Å². The van der Waals surface area contributed by atoms with E-state index in [1.165, 1.54) is 0 Å². The smallest absolute Gasteiger partial charge is 0.349 e. The van der Waals surface area contributed by atoms with Crippen molar-refractivity contribution >= 4 is 11.9 Å². The molecule has 10 nitrogen and oxygen atoms in total. The van der Waals surface area contributed by atoms with Gasteiger partial charge in [0.25, 0.3) is 0 Å². The number of para-hydroxylation sites is 2. The number of rotatable bonds is 16. The molecule has 0 aromatic heterocycles. The zero-order valence-electron chi connectivity index (χ0n) is 31.5. The second-order valence-electron chi connectivity index (χ2n) is 14.0. The minimum atomic E-state index is -0.652. The van der Waals surface area contributed by atoms with Crippen molar-refractivity contribution in [3.05, 3.63) is 120 Å². The summed E-state index contributed by atoms with van der Waals surface area (Å²) in [6, 6.07) is 32.3. The van der Waals surface area contributed by atoms with Crippen molar-refractivity contribution in [2.45, 2.75) is 78.2 Å². The predicted molar refractivity (Wildman–Crippen MR) is 206 cm³/mol. The van der Waals surface area contributed by atoms with Crippen LogP contribution in [0.15, 0.2) is 109 Å². The third kappa shape index (κ3) is 10.8. The zero-order valence-corrected chi connectivity index (χ0v) is 31.5. The highest BCUT2D eigenvalue weighted by Crippen LogP contribution is 2.35. The van der Waals surface area contributed by atoms with Gasteiger partial charge < -0.3 is 28.6 Å². The van der Waals surface area contributed by atoms with Crippen LogP contribution in [0.1, 0.15) is 51.7 Å². The van der Waals surface area contributed by atoms with Crippen molar-refractivity contribution in [3.63, 3.8) is 0 Å². The van der Waals surface area contributed by atoms with E-state index in [0.29, 0.717) is 52.2 Å². The fraction of sp³-hybridized carbons (Fsp3) is 0.364. The number of benzene rings is 4. The number of hydrogen-bond donors (Lipinski definition) is 0. The molecule has 0 bridgehead atoms. The molecular weight excluding hydrogens is 684 g/mol. The van der Waals surface area contributed by atoms with E-state index in [9.17, 15) is 9.59 Å². The second kappa shape index (κ2) is 18.9. The van der Waals surface area contributed by atoms with Gasteiger partial charge in [-0.2, -0.15) is 0 Å². The Hall–Kier alpha value is -5.00. The molecule has 4 aromatic rings. The van der Waals surface area contributed by atoms with Crippen LogP contribution in [0, 0.1) is 0 Å². The van der Waals surface area contributed by atoms with Gasteiger partial charge in [0.1, 0.15) is 11.5 Å². The fourth-order valence-corrected chi connectivity index (χ4v) is 6.61. The highest BCUT2D eigenvalue weighted by Gasteiger charge is 2.28. The summed E-state index contributed by atoms with van der Waals surface area (Å²) in [6.07, 6.45) is 3.47. The lowest BCUT2D eigenvalue weighted by atomic mass is 9.99. The molecular formula is C44H50N2O8. The average Bonchev–Trinajstić information content (AvgIpc) is 3.81. The van der Waals surface area contributed by atoms with Gasteiger partial charge in [-0.15, -0.1) is 10.1 Å². The molecule has 0 spiro atoms. The Morgan fingerprint density at radius 2 is 0.944 bits per heavy atom. The fourth-order valence-electron chi connectivity index (χ4n) is 6.61. The standard InChI is InChI=1S/C44H50N2O8/c1-31(2)51-41-19-11-9-17-39(41)37-15-7-5-13-33(37)29-49-35-23-25-45(27-35)53-43(47)21-22-44(48)54-46-26-24-36(28-46)50-30-34-14-6-8-16-38(34)40-18-10-12-20-42(40)52-32(3)4/h5-22,31-32,35-36H,23-30H2,1-4H3/b22-21+/t35-,36-/m0/s1. The molecule has 4 aromatic carbocycles. The zero-order chi connectivity index (χ0) is 37.9. The normalized spacial score (nSPS) is 17.7. The maximum atomic E-state index is 12.6. The predicted octanol–water partition coefficient (Wildman–Crippen LogP) is 7.95.